The van der Waals surface area contributed by atoms with Crippen molar-refractivity contribution in [2.45, 2.75) is 0 Å². The van der Waals surface area contributed by atoms with Gasteiger partial charge in [-0.1, -0.05) is 0 Å². The molecule has 1 saturated heterocycles. The summed E-state index contributed by atoms with van der Waals surface area (Å²) in [5.41, 5.74) is 1.49. The average molecular weight is 401 g/mol. The molecule has 0 spiro atoms. The number of nitro groups is 1. The smallest absolute Gasteiger partial charge is 0.279 e. The minimum Gasteiger partial charge on any atom is -0.497 e. The lowest BCUT2D eigenvalue weighted by molar-refractivity contribution is -0.892. The Kier molecular flexibility index (Phi) is 6.50. The van der Waals surface area contributed by atoms with Gasteiger partial charge in [-0.25, -0.2) is 0 Å². The molecule has 2 aromatic rings. The van der Waals surface area contributed by atoms with Gasteiger partial charge < -0.3 is 24.6 Å². The van der Waals surface area contributed by atoms with E-state index in [0.29, 0.717) is 12.2 Å². The second-order valence-corrected chi connectivity index (χ2v) is 6.80. The number of piperazine rings is 1. The molecule has 1 heterocycles. The zero-order valence-electron chi connectivity index (χ0n) is 16.5. The summed E-state index contributed by atoms with van der Waals surface area (Å²) < 4.78 is 10.4. The summed E-state index contributed by atoms with van der Waals surface area (Å²) in [6.07, 6.45) is 0. The summed E-state index contributed by atoms with van der Waals surface area (Å²) in [6, 6.07) is 12.1. The van der Waals surface area contributed by atoms with Crippen LogP contribution in [0.25, 0.3) is 0 Å². The predicted molar refractivity (Wildman–Crippen MR) is 109 cm³/mol. The van der Waals surface area contributed by atoms with Gasteiger partial charge in [0.15, 0.2) is 6.54 Å². The maximum Gasteiger partial charge on any atom is 0.279 e. The number of nitrogens with zero attached hydrogens (tertiary/aromatic N) is 2. The molecule has 0 aromatic heterocycles. The number of benzene rings is 2. The van der Waals surface area contributed by atoms with E-state index < -0.39 is 4.92 Å². The highest BCUT2D eigenvalue weighted by atomic mass is 16.6. The normalized spacial score (nSPS) is 14.3. The molecular weight excluding hydrogens is 376 g/mol. The van der Waals surface area contributed by atoms with Gasteiger partial charge in [0.2, 0.25) is 0 Å². The van der Waals surface area contributed by atoms with Crippen LogP contribution in [0.15, 0.2) is 42.5 Å². The van der Waals surface area contributed by atoms with Crippen molar-refractivity contribution in [1.82, 2.24) is 0 Å². The van der Waals surface area contributed by atoms with E-state index in [4.69, 9.17) is 9.47 Å². The summed E-state index contributed by atoms with van der Waals surface area (Å²) in [6.45, 7) is 3.73. The third kappa shape index (κ3) is 5.14. The first-order chi connectivity index (χ1) is 14.0. The molecule has 0 saturated carbocycles. The van der Waals surface area contributed by atoms with Crippen LogP contribution in [-0.2, 0) is 4.79 Å². The summed E-state index contributed by atoms with van der Waals surface area (Å²) in [5.74, 6) is 0.952. The van der Waals surface area contributed by atoms with Crippen molar-refractivity contribution in [3.8, 4) is 11.5 Å². The van der Waals surface area contributed by atoms with Gasteiger partial charge in [0.1, 0.15) is 11.5 Å². The van der Waals surface area contributed by atoms with Crippen LogP contribution in [0.2, 0.25) is 0 Å². The molecule has 0 aliphatic carbocycles. The number of amides is 1. The summed E-state index contributed by atoms with van der Waals surface area (Å²) >= 11 is 0. The fourth-order valence-electron chi connectivity index (χ4n) is 3.37. The van der Waals surface area contributed by atoms with Gasteiger partial charge in [0, 0.05) is 11.8 Å². The lowest BCUT2D eigenvalue weighted by atomic mass is 10.2. The molecule has 2 aromatic carbocycles. The maximum atomic E-state index is 12.4. The van der Waals surface area contributed by atoms with Crippen molar-refractivity contribution in [3.63, 3.8) is 0 Å². The highest BCUT2D eigenvalue weighted by Crippen LogP contribution is 2.28. The van der Waals surface area contributed by atoms with Crippen LogP contribution in [0.3, 0.4) is 0 Å². The Bertz CT molecular complexity index is 864. The van der Waals surface area contributed by atoms with Crippen LogP contribution in [0.1, 0.15) is 0 Å². The number of hydrogen-bond acceptors (Lipinski definition) is 6. The monoisotopic (exact) mass is 401 g/mol. The van der Waals surface area contributed by atoms with Crippen LogP contribution >= 0.6 is 0 Å². The zero-order valence-corrected chi connectivity index (χ0v) is 16.5. The molecule has 0 bridgehead atoms. The van der Waals surface area contributed by atoms with Crippen molar-refractivity contribution in [1.29, 1.82) is 0 Å². The first-order valence-corrected chi connectivity index (χ1v) is 9.35. The first-order valence-electron chi connectivity index (χ1n) is 9.35. The van der Waals surface area contributed by atoms with E-state index in [0.717, 1.165) is 37.6 Å². The van der Waals surface area contributed by atoms with Gasteiger partial charge in [-0.15, -0.1) is 0 Å². The maximum absolute atomic E-state index is 12.4. The number of nitro benzene ring substituents is 1. The van der Waals surface area contributed by atoms with Crippen molar-refractivity contribution in [3.05, 3.63) is 52.6 Å². The molecular formula is C20H25N4O5+. The fraction of sp³-hybridized carbons (Fsp3) is 0.350. The molecule has 154 valence electrons. The average Bonchev–Trinajstić information content (AvgIpc) is 2.74. The standard InChI is InChI=1S/C20H24N4O5/c1-28-17-6-3-15(4-7-17)23-11-9-22(10-12-23)14-20(25)21-18-8-5-16(24(26)27)13-19(18)29-2/h3-8,13H,9-12,14H2,1-2H3,(H,21,25)/p+1. The van der Waals surface area contributed by atoms with E-state index in [2.05, 4.69) is 10.2 Å². The molecule has 9 nitrogen and oxygen atoms in total. The predicted octanol–water partition coefficient (Wildman–Crippen LogP) is 0.956. The molecule has 1 aliphatic rings. The van der Waals surface area contributed by atoms with Gasteiger partial charge >= 0.3 is 0 Å². The lowest BCUT2D eigenvalue weighted by Crippen LogP contribution is -3.15. The van der Waals surface area contributed by atoms with E-state index in [1.165, 1.54) is 30.2 Å². The number of quaternary nitrogens is 1. The highest BCUT2D eigenvalue weighted by Gasteiger charge is 2.23. The molecule has 29 heavy (non-hydrogen) atoms. The summed E-state index contributed by atoms with van der Waals surface area (Å²) in [5, 5.41) is 13.7. The fourth-order valence-corrected chi connectivity index (χ4v) is 3.37. The third-order valence-electron chi connectivity index (χ3n) is 4.99. The largest absolute Gasteiger partial charge is 0.497 e. The Morgan fingerprint density at radius 1 is 1.14 bits per heavy atom. The minimum atomic E-state index is -0.499. The van der Waals surface area contributed by atoms with Crippen molar-refractivity contribution in [2.24, 2.45) is 0 Å². The number of carbonyl (C=O) groups is 1. The Morgan fingerprint density at radius 3 is 2.41 bits per heavy atom. The second kappa shape index (κ2) is 9.24. The molecule has 9 heteroatoms. The number of nitrogens with one attached hydrogen (secondary N) is 2. The Labute approximate surface area is 169 Å². The number of rotatable bonds is 7. The van der Waals surface area contributed by atoms with Crippen molar-refractivity contribution < 1.29 is 24.1 Å². The molecule has 2 N–H and O–H groups in total. The molecule has 1 aliphatic heterocycles. The number of ether oxygens (including phenoxy) is 2. The van der Waals surface area contributed by atoms with Crippen molar-refractivity contribution in [2.75, 3.05) is 57.2 Å². The van der Waals surface area contributed by atoms with E-state index in [1.807, 2.05) is 24.3 Å². The molecule has 0 unspecified atom stereocenters. The number of methoxy groups -OCH3 is 2. The second-order valence-electron chi connectivity index (χ2n) is 6.80. The van der Waals surface area contributed by atoms with Crippen LogP contribution < -0.4 is 24.6 Å². The topological polar surface area (TPSA) is 98.4 Å². The van der Waals surface area contributed by atoms with Gasteiger partial charge in [-0.05, 0) is 30.3 Å². The molecule has 0 atom stereocenters. The van der Waals surface area contributed by atoms with Gasteiger partial charge in [0.25, 0.3) is 11.6 Å². The molecule has 3 rings (SSSR count). The quantitative estimate of drug-likeness (QED) is 0.530. The zero-order chi connectivity index (χ0) is 20.8. The molecule has 1 amide bonds. The van der Waals surface area contributed by atoms with Crippen LogP contribution in [0.5, 0.6) is 11.5 Å². The number of anilines is 2. The van der Waals surface area contributed by atoms with E-state index >= 15 is 0 Å². The third-order valence-corrected chi connectivity index (χ3v) is 4.99. The number of hydrogen-bond donors (Lipinski definition) is 2. The van der Waals surface area contributed by atoms with E-state index in [9.17, 15) is 14.9 Å². The van der Waals surface area contributed by atoms with Gasteiger partial charge in [0.05, 0.1) is 57.1 Å². The Balaban J connectivity index is 1.52. The highest BCUT2D eigenvalue weighted by molar-refractivity contribution is 5.93. The molecule has 1 fully saturated rings. The SMILES string of the molecule is COc1ccc(N2CC[NH+](CC(=O)Nc3ccc([N+](=O)[O-])cc3OC)CC2)cc1. The van der Waals surface area contributed by atoms with Crippen LogP contribution in [-0.4, -0.2) is 57.8 Å². The number of carbonyl (C=O) groups excluding carboxylic acids is 1. The van der Waals surface area contributed by atoms with Crippen molar-refractivity contribution >= 4 is 23.0 Å². The van der Waals surface area contributed by atoms with Gasteiger partial charge in [-0.3, -0.25) is 14.9 Å². The number of non-ortho nitro benzene ring substituents is 1. The first kappa shape index (κ1) is 20.4. The van der Waals surface area contributed by atoms with Gasteiger partial charge in [-0.2, -0.15) is 0 Å². The van der Waals surface area contributed by atoms with E-state index in [-0.39, 0.29) is 17.3 Å². The summed E-state index contributed by atoms with van der Waals surface area (Å²) in [7, 11) is 3.06. The van der Waals surface area contributed by atoms with E-state index in [1.54, 1.807) is 7.11 Å². The van der Waals surface area contributed by atoms with Crippen LogP contribution in [0, 0.1) is 10.1 Å². The summed E-state index contributed by atoms with van der Waals surface area (Å²) in [4.78, 5) is 26.3. The lowest BCUT2D eigenvalue weighted by Gasteiger charge is -2.33. The minimum absolute atomic E-state index is 0.0832. The Hall–Kier alpha value is -3.33. The molecule has 0 radical (unpaired) electrons. The Morgan fingerprint density at radius 2 is 1.83 bits per heavy atom. The van der Waals surface area contributed by atoms with Crippen LogP contribution in [0.4, 0.5) is 17.1 Å².